The maximum Gasteiger partial charge on any atom is 0.330 e. The van der Waals surface area contributed by atoms with Gasteiger partial charge in [-0.25, -0.2) is 4.79 Å². The van der Waals surface area contributed by atoms with Crippen molar-refractivity contribution in [3.63, 3.8) is 0 Å². The first kappa shape index (κ1) is 21.3. The van der Waals surface area contributed by atoms with E-state index in [0.29, 0.717) is 0 Å². The van der Waals surface area contributed by atoms with Crippen LogP contribution in [0.15, 0.2) is 34.9 Å². The molecule has 0 aromatic carbocycles. The molecule has 0 spiro atoms. The van der Waals surface area contributed by atoms with Gasteiger partial charge >= 0.3 is 5.97 Å². The highest BCUT2D eigenvalue weighted by molar-refractivity contribution is 6.02. The van der Waals surface area contributed by atoms with Crippen LogP contribution < -0.4 is 0 Å². The lowest BCUT2D eigenvalue weighted by Crippen LogP contribution is -2.45. The summed E-state index contributed by atoms with van der Waals surface area (Å²) in [6, 6.07) is 0. The van der Waals surface area contributed by atoms with Crippen LogP contribution in [0.5, 0.6) is 0 Å². The second-order valence-electron chi connectivity index (χ2n) is 6.33. The molecule has 6 heteroatoms. The highest BCUT2D eigenvalue weighted by Crippen LogP contribution is 2.31. The van der Waals surface area contributed by atoms with Gasteiger partial charge in [-0.1, -0.05) is 38.0 Å². The number of aliphatic hydroxyl groups is 3. The lowest BCUT2D eigenvalue weighted by Gasteiger charge is -2.33. The van der Waals surface area contributed by atoms with E-state index < -0.39 is 30.7 Å². The maximum atomic E-state index is 12.7. The van der Waals surface area contributed by atoms with Crippen LogP contribution in [0.4, 0.5) is 0 Å². The molecule has 1 aliphatic carbocycles. The van der Waals surface area contributed by atoms with Crippen LogP contribution in [0.25, 0.3) is 0 Å². The van der Waals surface area contributed by atoms with Crippen LogP contribution in [-0.4, -0.2) is 51.0 Å². The maximum absolute atomic E-state index is 12.7. The summed E-state index contributed by atoms with van der Waals surface area (Å²) in [5, 5.41) is 38.8. The van der Waals surface area contributed by atoms with E-state index in [1.165, 1.54) is 13.0 Å². The average Bonchev–Trinajstić information content (AvgIpc) is 2.58. The summed E-state index contributed by atoms with van der Waals surface area (Å²) in [5.41, 5.74) is 0.394. The molecule has 1 rings (SSSR count). The van der Waals surface area contributed by atoms with Crippen molar-refractivity contribution in [1.29, 1.82) is 0 Å². The Morgan fingerprint density at radius 1 is 1.24 bits per heavy atom. The van der Waals surface area contributed by atoms with Gasteiger partial charge in [-0.15, -0.1) is 0 Å². The highest BCUT2D eigenvalue weighted by atomic mass is 16.4. The molecule has 0 radical (unpaired) electrons. The van der Waals surface area contributed by atoms with Gasteiger partial charge in [-0.2, -0.15) is 0 Å². The average molecular weight is 352 g/mol. The van der Waals surface area contributed by atoms with Crippen molar-refractivity contribution in [2.45, 2.75) is 58.2 Å². The minimum absolute atomic E-state index is 0.0150. The molecule has 0 unspecified atom stereocenters. The molecule has 140 valence electrons. The molecule has 0 saturated heterocycles. The number of carbonyl (C=O) groups is 2. The third-order valence-corrected chi connectivity index (χ3v) is 4.49. The molecule has 0 heterocycles. The zero-order valence-electron chi connectivity index (χ0n) is 14.8. The molecule has 0 aromatic heterocycles. The van der Waals surface area contributed by atoms with Crippen LogP contribution >= 0.6 is 0 Å². The predicted molar refractivity (Wildman–Crippen MR) is 93.9 cm³/mol. The number of rotatable bonds is 9. The van der Waals surface area contributed by atoms with Gasteiger partial charge in [0.25, 0.3) is 0 Å². The summed E-state index contributed by atoms with van der Waals surface area (Å²) < 4.78 is 0. The summed E-state index contributed by atoms with van der Waals surface area (Å²) in [4.78, 5) is 23.6. The van der Waals surface area contributed by atoms with E-state index in [9.17, 15) is 24.9 Å². The van der Waals surface area contributed by atoms with Crippen molar-refractivity contribution in [3.05, 3.63) is 34.9 Å². The number of unbranched alkanes of at least 4 members (excludes halogenated alkanes) is 3. The van der Waals surface area contributed by atoms with E-state index in [1.807, 2.05) is 6.08 Å². The Morgan fingerprint density at radius 3 is 2.48 bits per heavy atom. The smallest absolute Gasteiger partial charge is 0.330 e. The van der Waals surface area contributed by atoms with E-state index in [1.54, 1.807) is 6.08 Å². The number of Topliss-reactive ketones (excluding diaryl/α,β-unsaturated/α-hetero) is 1. The molecule has 0 amide bonds. The Kier molecular flexibility index (Phi) is 8.75. The first-order valence-electron chi connectivity index (χ1n) is 8.65. The number of carbonyl (C=O) groups excluding carboxylic acids is 1. The van der Waals surface area contributed by atoms with E-state index in [4.69, 9.17) is 5.11 Å². The first-order valence-corrected chi connectivity index (χ1v) is 8.65. The molecule has 0 bridgehead atoms. The largest absolute Gasteiger partial charge is 0.478 e. The monoisotopic (exact) mass is 352 g/mol. The van der Waals surface area contributed by atoms with E-state index in [0.717, 1.165) is 25.7 Å². The summed E-state index contributed by atoms with van der Waals surface area (Å²) in [6.07, 6.45) is 6.02. The number of allylic oxidation sites excluding steroid dienone is 4. The second-order valence-corrected chi connectivity index (χ2v) is 6.33. The normalized spacial score (nSPS) is 25.1. The number of hydrogen-bond donors (Lipinski definition) is 4. The predicted octanol–water partition coefficient (Wildman–Crippen LogP) is 1.75. The molecule has 6 nitrogen and oxygen atoms in total. The Labute approximate surface area is 148 Å². The molecule has 0 saturated carbocycles. The molecule has 1 aliphatic rings. The van der Waals surface area contributed by atoms with Crippen molar-refractivity contribution < 1.29 is 30.0 Å². The van der Waals surface area contributed by atoms with Crippen LogP contribution in [0.3, 0.4) is 0 Å². The molecule has 0 aromatic rings. The molecule has 0 aliphatic heterocycles. The minimum atomic E-state index is -1.37. The van der Waals surface area contributed by atoms with Crippen molar-refractivity contribution in [3.8, 4) is 0 Å². The van der Waals surface area contributed by atoms with Gasteiger partial charge in [-0.3, -0.25) is 4.79 Å². The van der Waals surface area contributed by atoms with Gasteiger partial charge in [0.05, 0.1) is 18.6 Å². The Bertz CT molecular complexity index is 572. The summed E-state index contributed by atoms with van der Waals surface area (Å²) in [5.74, 6) is -2.42. The number of carboxylic acid groups (broad SMARTS) is 1. The molecule has 25 heavy (non-hydrogen) atoms. The number of aliphatic hydroxyl groups excluding tert-OH is 3. The summed E-state index contributed by atoms with van der Waals surface area (Å²) >= 11 is 0. The molecule has 4 N–H and O–H groups in total. The highest BCUT2D eigenvalue weighted by Gasteiger charge is 2.40. The lowest BCUT2D eigenvalue weighted by atomic mass is 9.77. The standard InChI is InChI=1S/C19H28O6/c1-3-4-5-6-7-8-13-15(11-20)18(23)17(22)14(16(13)21)10-9-12(2)19(24)25/h7-9,14,17-18,20,22-23H,3-6,10-11H2,1-2H3,(H,24,25)/b8-7+,12-9+/t14-,17+,18-/m1/s1. The molecular formula is C19H28O6. The second kappa shape index (κ2) is 10.3. The Hall–Kier alpha value is -1.76. The Balaban J connectivity index is 3.02. The third kappa shape index (κ3) is 5.63. The number of carboxylic acids is 1. The summed E-state index contributed by atoms with van der Waals surface area (Å²) in [6.45, 7) is 2.98. The Morgan fingerprint density at radius 2 is 1.92 bits per heavy atom. The van der Waals surface area contributed by atoms with Crippen LogP contribution in [0.1, 0.15) is 46.0 Å². The SMILES string of the molecule is CCCCC/C=C/C1=C(CO)[C@@H](O)[C@@H](O)[C@H](C/C=C(\C)C(=O)O)C1=O. The lowest BCUT2D eigenvalue weighted by molar-refractivity contribution is -0.133. The van der Waals surface area contributed by atoms with E-state index in [2.05, 4.69) is 6.92 Å². The van der Waals surface area contributed by atoms with Gasteiger partial charge in [-0.05, 0) is 31.8 Å². The van der Waals surface area contributed by atoms with Crippen LogP contribution in [0, 0.1) is 5.92 Å². The van der Waals surface area contributed by atoms with E-state index in [-0.39, 0.29) is 28.9 Å². The zero-order valence-corrected chi connectivity index (χ0v) is 14.8. The fourth-order valence-corrected chi connectivity index (χ4v) is 2.82. The fourth-order valence-electron chi connectivity index (χ4n) is 2.82. The van der Waals surface area contributed by atoms with Crippen molar-refractivity contribution in [2.75, 3.05) is 6.61 Å². The molecular weight excluding hydrogens is 324 g/mol. The summed E-state index contributed by atoms with van der Waals surface area (Å²) in [7, 11) is 0. The fraction of sp³-hybridized carbons (Fsp3) is 0.579. The topological polar surface area (TPSA) is 115 Å². The van der Waals surface area contributed by atoms with Gasteiger partial charge in [0, 0.05) is 11.1 Å². The van der Waals surface area contributed by atoms with Crippen LogP contribution in [0.2, 0.25) is 0 Å². The van der Waals surface area contributed by atoms with Crippen molar-refractivity contribution in [1.82, 2.24) is 0 Å². The number of ketones is 1. The quantitative estimate of drug-likeness (QED) is 0.371. The van der Waals surface area contributed by atoms with Gasteiger partial charge in [0.15, 0.2) is 5.78 Å². The minimum Gasteiger partial charge on any atom is -0.478 e. The van der Waals surface area contributed by atoms with Crippen molar-refractivity contribution in [2.24, 2.45) is 5.92 Å². The van der Waals surface area contributed by atoms with Crippen LogP contribution in [-0.2, 0) is 9.59 Å². The molecule has 3 atom stereocenters. The third-order valence-electron chi connectivity index (χ3n) is 4.49. The first-order chi connectivity index (χ1) is 11.8. The molecule has 0 fully saturated rings. The van der Waals surface area contributed by atoms with Gasteiger partial charge in [0.1, 0.15) is 6.10 Å². The number of hydrogen-bond acceptors (Lipinski definition) is 5. The number of aliphatic carboxylic acids is 1. The van der Waals surface area contributed by atoms with Gasteiger partial charge < -0.3 is 20.4 Å². The zero-order chi connectivity index (χ0) is 19.0. The van der Waals surface area contributed by atoms with E-state index >= 15 is 0 Å². The van der Waals surface area contributed by atoms with Gasteiger partial charge in [0.2, 0.25) is 0 Å². The van der Waals surface area contributed by atoms with Crippen molar-refractivity contribution >= 4 is 11.8 Å².